The van der Waals surface area contributed by atoms with E-state index in [0.29, 0.717) is 19.4 Å². The van der Waals surface area contributed by atoms with Crippen LogP contribution in [0, 0.1) is 5.41 Å². The van der Waals surface area contributed by atoms with Gasteiger partial charge in [-0.1, -0.05) is 37.8 Å². The molecule has 116 valence electrons. The van der Waals surface area contributed by atoms with Crippen molar-refractivity contribution in [2.75, 3.05) is 13.7 Å². The topological polar surface area (TPSA) is 96.9 Å². The number of amides is 1. The second-order valence-electron chi connectivity index (χ2n) is 5.52. The molecule has 1 rings (SSSR count). The number of carbonyl (C=O) groups excluding carboxylic acids is 1. The minimum atomic E-state index is -0.869. The molecule has 0 heterocycles. The van der Waals surface area contributed by atoms with E-state index >= 15 is 0 Å². The van der Waals surface area contributed by atoms with Crippen molar-refractivity contribution in [1.82, 2.24) is 5.32 Å². The van der Waals surface area contributed by atoms with E-state index in [0.717, 1.165) is 32.1 Å². The monoisotopic (exact) mass is 285 g/mol. The molecule has 0 aliphatic heterocycles. The number of hydrogen-bond acceptors (Lipinski definition) is 4. The number of carbonyl (C=O) groups is 1. The van der Waals surface area contributed by atoms with Gasteiger partial charge >= 0.3 is 0 Å². The van der Waals surface area contributed by atoms with E-state index in [1.807, 2.05) is 6.92 Å². The summed E-state index contributed by atoms with van der Waals surface area (Å²) in [6, 6.07) is -0.0425. The highest BCUT2D eigenvalue weighted by molar-refractivity contribution is 6.06. The minimum absolute atomic E-state index is 0.0316. The van der Waals surface area contributed by atoms with Crippen LogP contribution in [0.1, 0.15) is 51.9 Å². The molecule has 1 amide bonds. The Bertz CT molecular complexity index is 337. The average molecular weight is 285 g/mol. The lowest BCUT2D eigenvalue weighted by Crippen LogP contribution is -2.53. The van der Waals surface area contributed by atoms with Crippen molar-refractivity contribution < 1.29 is 14.7 Å². The Labute approximate surface area is 120 Å². The average Bonchev–Trinajstić information content (AvgIpc) is 2.72. The summed E-state index contributed by atoms with van der Waals surface area (Å²) in [6.07, 6.45) is 6.07. The summed E-state index contributed by atoms with van der Waals surface area (Å²) in [5.74, 6) is -0.109. The first-order chi connectivity index (χ1) is 9.60. The van der Waals surface area contributed by atoms with Gasteiger partial charge in [-0.3, -0.25) is 4.79 Å². The summed E-state index contributed by atoms with van der Waals surface area (Å²) in [5, 5.41) is 15.2. The fraction of sp³-hybridized carbons (Fsp3) is 0.857. The molecule has 1 unspecified atom stereocenters. The van der Waals surface area contributed by atoms with Crippen LogP contribution in [0.2, 0.25) is 0 Å². The minimum Gasteiger partial charge on any atom is -0.409 e. The van der Waals surface area contributed by atoms with Gasteiger partial charge in [0.1, 0.15) is 5.41 Å². The molecule has 0 saturated heterocycles. The molecule has 0 aromatic heterocycles. The lowest BCUT2D eigenvalue weighted by atomic mass is 9.78. The van der Waals surface area contributed by atoms with Crippen molar-refractivity contribution in [3.05, 3.63) is 0 Å². The van der Waals surface area contributed by atoms with Crippen LogP contribution in [0.15, 0.2) is 5.16 Å². The summed E-state index contributed by atoms with van der Waals surface area (Å²) in [6.45, 7) is 2.46. The highest BCUT2D eigenvalue weighted by Gasteiger charge is 2.43. The van der Waals surface area contributed by atoms with Gasteiger partial charge in [-0.2, -0.15) is 0 Å². The zero-order valence-electron chi connectivity index (χ0n) is 12.5. The van der Waals surface area contributed by atoms with Crippen LogP contribution < -0.4 is 11.1 Å². The summed E-state index contributed by atoms with van der Waals surface area (Å²) in [4.78, 5) is 12.7. The number of nitrogens with two attached hydrogens (primary N) is 1. The zero-order valence-corrected chi connectivity index (χ0v) is 12.5. The van der Waals surface area contributed by atoms with Crippen molar-refractivity contribution >= 4 is 11.7 Å². The fourth-order valence-corrected chi connectivity index (χ4v) is 2.81. The molecule has 1 atom stereocenters. The second kappa shape index (κ2) is 8.09. The number of rotatable bonds is 6. The highest BCUT2D eigenvalue weighted by atomic mass is 16.5. The lowest BCUT2D eigenvalue weighted by Gasteiger charge is -2.31. The van der Waals surface area contributed by atoms with Crippen molar-refractivity contribution in [1.29, 1.82) is 0 Å². The molecule has 4 N–H and O–H groups in total. The van der Waals surface area contributed by atoms with E-state index in [1.165, 1.54) is 0 Å². The van der Waals surface area contributed by atoms with Gasteiger partial charge in [0.15, 0.2) is 5.84 Å². The van der Waals surface area contributed by atoms with Gasteiger partial charge in [0.25, 0.3) is 0 Å². The molecule has 1 aliphatic rings. The summed E-state index contributed by atoms with van der Waals surface area (Å²) in [5.41, 5.74) is 4.98. The van der Waals surface area contributed by atoms with Gasteiger partial charge in [-0.05, 0) is 19.3 Å². The quantitative estimate of drug-likeness (QED) is 0.227. The molecule has 6 heteroatoms. The fourth-order valence-electron chi connectivity index (χ4n) is 2.81. The molecule has 1 saturated carbocycles. The SMILES string of the molecule is CCC(COC)NC(=O)C1(C(N)=NO)CCCCCC1. The van der Waals surface area contributed by atoms with Crippen molar-refractivity contribution in [3.8, 4) is 0 Å². The Morgan fingerprint density at radius 1 is 1.40 bits per heavy atom. The first-order valence-electron chi connectivity index (χ1n) is 7.38. The Kier molecular flexibility index (Phi) is 6.78. The number of amidine groups is 1. The summed E-state index contributed by atoms with van der Waals surface area (Å²) < 4.78 is 5.10. The molecule has 0 spiro atoms. The number of hydrogen-bond donors (Lipinski definition) is 3. The van der Waals surface area contributed by atoms with Crippen LogP contribution in [0.4, 0.5) is 0 Å². The van der Waals surface area contributed by atoms with Gasteiger partial charge < -0.3 is 21.0 Å². The van der Waals surface area contributed by atoms with Crippen molar-refractivity contribution in [3.63, 3.8) is 0 Å². The van der Waals surface area contributed by atoms with Crippen LogP contribution in [-0.2, 0) is 9.53 Å². The van der Waals surface area contributed by atoms with Crippen LogP contribution in [0.3, 0.4) is 0 Å². The van der Waals surface area contributed by atoms with Crippen LogP contribution in [0.5, 0.6) is 0 Å². The maximum absolute atomic E-state index is 12.7. The first-order valence-corrected chi connectivity index (χ1v) is 7.38. The molecular formula is C14H27N3O3. The maximum Gasteiger partial charge on any atom is 0.234 e. The largest absolute Gasteiger partial charge is 0.409 e. The molecule has 20 heavy (non-hydrogen) atoms. The van der Waals surface area contributed by atoms with E-state index in [9.17, 15) is 4.79 Å². The standard InChI is InChI=1S/C14H27N3O3/c1-3-11(10-20-2)16-13(18)14(12(15)17-19)8-6-4-5-7-9-14/h11,19H,3-10H2,1-2H3,(H2,15,17)(H,16,18). The van der Waals surface area contributed by atoms with Crippen molar-refractivity contribution in [2.45, 2.75) is 57.9 Å². The van der Waals surface area contributed by atoms with E-state index in [2.05, 4.69) is 10.5 Å². The number of oxime groups is 1. The smallest absolute Gasteiger partial charge is 0.234 e. The molecule has 0 aromatic carbocycles. The molecular weight excluding hydrogens is 258 g/mol. The normalized spacial score (nSPS) is 21.0. The second-order valence-corrected chi connectivity index (χ2v) is 5.52. The summed E-state index contributed by atoms with van der Waals surface area (Å²) >= 11 is 0. The van der Waals surface area contributed by atoms with Crippen molar-refractivity contribution in [2.24, 2.45) is 16.3 Å². The van der Waals surface area contributed by atoms with Gasteiger partial charge in [-0.25, -0.2) is 0 Å². The van der Waals surface area contributed by atoms with E-state index < -0.39 is 5.41 Å². The van der Waals surface area contributed by atoms with Gasteiger partial charge in [0.2, 0.25) is 5.91 Å². The number of ether oxygens (including phenoxy) is 1. The van der Waals surface area contributed by atoms with E-state index in [1.54, 1.807) is 7.11 Å². The Morgan fingerprint density at radius 2 is 2.00 bits per heavy atom. The van der Waals surface area contributed by atoms with Gasteiger partial charge in [0, 0.05) is 7.11 Å². The van der Waals surface area contributed by atoms with Crippen LogP contribution >= 0.6 is 0 Å². The number of nitrogens with one attached hydrogen (secondary N) is 1. The van der Waals surface area contributed by atoms with Crippen LogP contribution in [-0.4, -0.2) is 36.7 Å². The molecule has 0 aromatic rings. The third-order valence-electron chi connectivity index (χ3n) is 4.19. The molecule has 1 aliphatic carbocycles. The molecule has 1 fully saturated rings. The van der Waals surface area contributed by atoms with Gasteiger partial charge in [-0.15, -0.1) is 0 Å². The Balaban J connectivity index is 2.89. The maximum atomic E-state index is 12.7. The number of methoxy groups -OCH3 is 1. The lowest BCUT2D eigenvalue weighted by molar-refractivity contribution is -0.129. The molecule has 6 nitrogen and oxygen atoms in total. The Hall–Kier alpha value is -1.30. The van der Waals surface area contributed by atoms with Crippen LogP contribution in [0.25, 0.3) is 0 Å². The summed E-state index contributed by atoms with van der Waals surface area (Å²) in [7, 11) is 1.61. The zero-order chi connectivity index (χ0) is 15.0. The Morgan fingerprint density at radius 3 is 2.45 bits per heavy atom. The van der Waals surface area contributed by atoms with E-state index in [4.69, 9.17) is 15.7 Å². The van der Waals surface area contributed by atoms with E-state index in [-0.39, 0.29) is 17.8 Å². The predicted molar refractivity (Wildman–Crippen MR) is 77.6 cm³/mol. The molecule has 0 radical (unpaired) electrons. The highest BCUT2D eigenvalue weighted by Crippen LogP contribution is 2.35. The molecule has 0 bridgehead atoms. The first kappa shape index (κ1) is 16.8. The number of nitrogens with zero attached hydrogens (tertiary/aromatic N) is 1. The third kappa shape index (κ3) is 3.85. The third-order valence-corrected chi connectivity index (χ3v) is 4.19. The van der Waals surface area contributed by atoms with Gasteiger partial charge in [0.05, 0.1) is 12.6 Å². The predicted octanol–water partition coefficient (Wildman–Crippen LogP) is 1.61.